The lowest BCUT2D eigenvalue weighted by molar-refractivity contribution is 0.332. The summed E-state index contributed by atoms with van der Waals surface area (Å²) in [6.07, 6.45) is 8.73. The van der Waals surface area contributed by atoms with Gasteiger partial charge in [-0.3, -0.25) is 4.68 Å². The van der Waals surface area contributed by atoms with Gasteiger partial charge in [-0.15, -0.1) is 11.3 Å². The maximum absolute atomic E-state index is 9.90. The standard InChI is InChI=1S/C22H19N7OS/c23-5-1-19(14-4-8-28(11-14)22-18(9-24)20(30)13-31-22)29-12-15(10-27-29)16-2-6-25-21-17(16)3-7-26-21/h2-3,6-7,10,12-14,19,30H,1,4,8,11H2,(H,25,26). The maximum atomic E-state index is 9.90. The zero-order valence-electron chi connectivity index (χ0n) is 16.6. The number of nitrogens with zero attached hydrogens (tertiary/aromatic N) is 6. The van der Waals surface area contributed by atoms with Crippen molar-refractivity contribution in [1.82, 2.24) is 19.7 Å². The van der Waals surface area contributed by atoms with Gasteiger partial charge in [0, 0.05) is 53.9 Å². The van der Waals surface area contributed by atoms with Crippen molar-refractivity contribution in [2.75, 3.05) is 18.0 Å². The Bertz CT molecular complexity index is 1320. The van der Waals surface area contributed by atoms with Crippen LogP contribution in [0, 0.1) is 28.6 Å². The molecule has 1 saturated heterocycles. The molecule has 0 aromatic carbocycles. The Balaban J connectivity index is 1.42. The SMILES string of the molecule is N#CCC(C1CCN(c2scc(O)c2C#N)C1)n1cc(-c2ccnc3[nH]ccc23)cn1. The zero-order chi connectivity index (χ0) is 21.4. The predicted octanol–water partition coefficient (Wildman–Crippen LogP) is 4.05. The second-order valence-electron chi connectivity index (χ2n) is 7.64. The maximum Gasteiger partial charge on any atom is 0.146 e. The van der Waals surface area contributed by atoms with E-state index in [9.17, 15) is 15.6 Å². The van der Waals surface area contributed by atoms with E-state index in [1.54, 1.807) is 11.6 Å². The lowest BCUT2D eigenvalue weighted by Gasteiger charge is -2.23. The van der Waals surface area contributed by atoms with Gasteiger partial charge in [0.15, 0.2) is 0 Å². The molecule has 2 atom stereocenters. The molecular formula is C22H19N7OS. The Hall–Kier alpha value is -3.82. The van der Waals surface area contributed by atoms with E-state index in [0.717, 1.165) is 40.1 Å². The first-order valence-electron chi connectivity index (χ1n) is 9.98. The summed E-state index contributed by atoms with van der Waals surface area (Å²) < 4.78 is 1.91. The normalized spacial score (nSPS) is 17.0. The average Bonchev–Trinajstić information content (AvgIpc) is 3.57. The molecule has 154 valence electrons. The number of aromatic hydroxyl groups is 1. The van der Waals surface area contributed by atoms with Gasteiger partial charge in [-0.25, -0.2) is 4.98 Å². The summed E-state index contributed by atoms with van der Waals surface area (Å²) in [6.45, 7) is 1.50. The summed E-state index contributed by atoms with van der Waals surface area (Å²) in [7, 11) is 0. The molecule has 2 unspecified atom stereocenters. The first kappa shape index (κ1) is 19.2. The summed E-state index contributed by atoms with van der Waals surface area (Å²) >= 11 is 1.38. The molecule has 0 amide bonds. The van der Waals surface area contributed by atoms with Crippen LogP contribution in [0.15, 0.2) is 42.3 Å². The monoisotopic (exact) mass is 429 g/mol. The summed E-state index contributed by atoms with van der Waals surface area (Å²) in [4.78, 5) is 9.61. The third-order valence-corrected chi connectivity index (χ3v) is 6.96. The molecule has 1 aliphatic heterocycles. The Morgan fingerprint density at radius 1 is 1.35 bits per heavy atom. The van der Waals surface area contributed by atoms with Crippen LogP contribution < -0.4 is 4.90 Å². The number of anilines is 1. The molecule has 4 aromatic rings. The summed E-state index contributed by atoms with van der Waals surface area (Å²) in [5.74, 6) is 0.248. The largest absolute Gasteiger partial charge is 0.506 e. The smallest absolute Gasteiger partial charge is 0.146 e. The minimum Gasteiger partial charge on any atom is -0.506 e. The van der Waals surface area contributed by atoms with Crippen LogP contribution in [0.1, 0.15) is 24.4 Å². The molecule has 0 saturated carbocycles. The molecule has 1 aliphatic rings. The lowest BCUT2D eigenvalue weighted by Crippen LogP contribution is -2.25. The van der Waals surface area contributed by atoms with E-state index in [-0.39, 0.29) is 17.7 Å². The molecule has 5 heterocycles. The predicted molar refractivity (Wildman–Crippen MR) is 118 cm³/mol. The third-order valence-electron chi connectivity index (χ3n) is 5.93. The number of hydrogen-bond donors (Lipinski definition) is 2. The highest BCUT2D eigenvalue weighted by atomic mass is 32.1. The number of rotatable bonds is 5. The van der Waals surface area contributed by atoms with Crippen molar-refractivity contribution in [3.63, 3.8) is 0 Å². The number of hydrogen-bond acceptors (Lipinski definition) is 7. The highest BCUT2D eigenvalue weighted by molar-refractivity contribution is 7.14. The van der Waals surface area contributed by atoms with Crippen LogP contribution >= 0.6 is 11.3 Å². The van der Waals surface area contributed by atoms with Gasteiger partial charge >= 0.3 is 0 Å². The van der Waals surface area contributed by atoms with Crippen LogP contribution in [0.3, 0.4) is 0 Å². The number of aromatic amines is 1. The third kappa shape index (κ3) is 3.29. The number of aromatic nitrogens is 4. The van der Waals surface area contributed by atoms with E-state index in [0.29, 0.717) is 18.5 Å². The van der Waals surface area contributed by atoms with Crippen LogP contribution in [-0.2, 0) is 0 Å². The Kier molecular flexibility index (Phi) is 4.81. The molecule has 0 spiro atoms. The van der Waals surface area contributed by atoms with Crippen molar-refractivity contribution in [2.24, 2.45) is 5.92 Å². The van der Waals surface area contributed by atoms with Crippen molar-refractivity contribution >= 4 is 27.4 Å². The fraction of sp³-hybridized carbons (Fsp3) is 0.273. The number of nitrogens with one attached hydrogen (secondary N) is 1. The van der Waals surface area contributed by atoms with Crippen LogP contribution in [0.4, 0.5) is 5.00 Å². The van der Waals surface area contributed by atoms with E-state index < -0.39 is 0 Å². The van der Waals surface area contributed by atoms with Gasteiger partial charge < -0.3 is 15.0 Å². The fourth-order valence-corrected chi connectivity index (χ4v) is 5.33. The summed E-state index contributed by atoms with van der Waals surface area (Å²) in [5, 5.41) is 36.8. The van der Waals surface area contributed by atoms with Crippen LogP contribution in [-0.4, -0.2) is 37.9 Å². The van der Waals surface area contributed by atoms with Crippen molar-refractivity contribution in [3.05, 3.63) is 47.9 Å². The van der Waals surface area contributed by atoms with Gasteiger partial charge in [0.1, 0.15) is 28.0 Å². The highest BCUT2D eigenvalue weighted by Gasteiger charge is 2.33. The van der Waals surface area contributed by atoms with E-state index in [1.807, 2.05) is 35.4 Å². The van der Waals surface area contributed by atoms with Gasteiger partial charge in [0.2, 0.25) is 0 Å². The zero-order valence-corrected chi connectivity index (χ0v) is 17.4. The number of thiophene rings is 1. The molecule has 0 bridgehead atoms. The van der Waals surface area contributed by atoms with Gasteiger partial charge in [-0.1, -0.05) is 0 Å². The van der Waals surface area contributed by atoms with Crippen molar-refractivity contribution in [1.29, 1.82) is 10.5 Å². The van der Waals surface area contributed by atoms with Gasteiger partial charge in [-0.2, -0.15) is 15.6 Å². The molecule has 0 radical (unpaired) electrons. The second-order valence-corrected chi connectivity index (χ2v) is 8.50. The minimum absolute atomic E-state index is 0.0321. The number of pyridine rings is 1. The topological polar surface area (TPSA) is 118 Å². The molecule has 31 heavy (non-hydrogen) atoms. The average molecular weight is 430 g/mol. The molecule has 2 N–H and O–H groups in total. The Labute approximate surface area is 182 Å². The summed E-state index contributed by atoms with van der Waals surface area (Å²) in [6, 6.07) is 8.32. The van der Waals surface area contributed by atoms with Crippen molar-refractivity contribution < 1.29 is 5.11 Å². The quantitative estimate of drug-likeness (QED) is 0.494. The van der Waals surface area contributed by atoms with Crippen LogP contribution in [0.5, 0.6) is 5.75 Å². The van der Waals surface area contributed by atoms with E-state index in [2.05, 4.69) is 32.1 Å². The number of H-pyrrole nitrogens is 1. The molecule has 1 fully saturated rings. The lowest BCUT2D eigenvalue weighted by atomic mass is 9.96. The van der Waals surface area contributed by atoms with Crippen molar-refractivity contribution in [3.8, 4) is 29.0 Å². The van der Waals surface area contributed by atoms with Crippen molar-refractivity contribution in [2.45, 2.75) is 18.9 Å². The molecule has 9 heteroatoms. The summed E-state index contributed by atoms with van der Waals surface area (Å²) in [5.41, 5.74) is 3.20. The van der Waals surface area contributed by atoms with E-state index in [4.69, 9.17) is 0 Å². The number of nitriles is 2. The Morgan fingerprint density at radius 2 is 2.26 bits per heavy atom. The molecule has 4 aromatic heterocycles. The van der Waals surface area contributed by atoms with Gasteiger partial charge in [0.25, 0.3) is 0 Å². The molecule has 0 aliphatic carbocycles. The highest BCUT2D eigenvalue weighted by Crippen LogP contribution is 2.40. The van der Waals surface area contributed by atoms with Crippen LogP contribution in [0.25, 0.3) is 22.2 Å². The first-order valence-corrected chi connectivity index (χ1v) is 10.9. The number of fused-ring (bicyclic) bond motifs is 1. The van der Waals surface area contributed by atoms with E-state index >= 15 is 0 Å². The van der Waals surface area contributed by atoms with Gasteiger partial charge in [0.05, 0.1) is 24.7 Å². The fourth-order valence-electron chi connectivity index (χ4n) is 4.40. The van der Waals surface area contributed by atoms with E-state index in [1.165, 1.54) is 11.3 Å². The van der Waals surface area contributed by atoms with Gasteiger partial charge in [-0.05, 0) is 24.1 Å². The minimum atomic E-state index is -0.0635. The first-order chi connectivity index (χ1) is 15.2. The molecule has 5 rings (SSSR count). The Morgan fingerprint density at radius 3 is 3.10 bits per heavy atom. The van der Waals surface area contributed by atoms with Crippen LogP contribution in [0.2, 0.25) is 0 Å². The second kappa shape index (κ2) is 7.78. The molecular weight excluding hydrogens is 410 g/mol. The molecule has 8 nitrogen and oxygen atoms in total.